The van der Waals surface area contributed by atoms with Crippen LogP contribution in [0.4, 0.5) is 27.7 Å². The van der Waals surface area contributed by atoms with Crippen molar-refractivity contribution in [1.82, 2.24) is 15.0 Å². The Labute approximate surface area is 180 Å². The summed E-state index contributed by atoms with van der Waals surface area (Å²) in [6, 6.07) is 3.92. The Morgan fingerprint density at radius 2 is 2.19 bits per heavy atom. The standard InChI is InChI=1S/C21H28FN7O2/c1-13(2)29-10-14-8-18(24-9-15(14)25-19(29)12-30)26-17-4-6-23-20(27-17)28-7-5-21(3,31)16(22)11-28/h4,6,8-9,13,16,30-31H,5,7,10-12H2,1-3H3,(H,23,24,26,27)/p+1/t16-,21+/m1/s1. The van der Waals surface area contributed by atoms with E-state index >= 15 is 0 Å². The zero-order chi connectivity index (χ0) is 22.2. The molecule has 0 saturated carbocycles. The van der Waals surface area contributed by atoms with Crippen LogP contribution >= 0.6 is 0 Å². The number of hydrogen-bond acceptors (Lipinski definition) is 8. The first-order valence-corrected chi connectivity index (χ1v) is 10.5. The summed E-state index contributed by atoms with van der Waals surface area (Å²) in [7, 11) is 0. The van der Waals surface area contributed by atoms with Crippen molar-refractivity contribution in [3.63, 3.8) is 0 Å². The van der Waals surface area contributed by atoms with Gasteiger partial charge in [0.15, 0.2) is 5.69 Å². The molecule has 2 aliphatic heterocycles. The van der Waals surface area contributed by atoms with E-state index in [0.29, 0.717) is 37.1 Å². The van der Waals surface area contributed by atoms with Crippen molar-refractivity contribution in [2.45, 2.75) is 51.6 Å². The summed E-state index contributed by atoms with van der Waals surface area (Å²) in [4.78, 5) is 15.0. The van der Waals surface area contributed by atoms with Gasteiger partial charge >= 0.3 is 0 Å². The lowest BCUT2D eigenvalue weighted by atomic mass is 9.92. The van der Waals surface area contributed by atoms with Crippen LogP contribution in [-0.2, 0) is 6.54 Å². The molecule has 0 aromatic carbocycles. The van der Waals surface area contributed by atoms with Gasteiger partial charge < -0.3 is 20.4 Å². The van der Waals surface area contributed by atoms with Gasteiger partial charge in [0.05, 0.1) is 24.4 Å². The molecule has 2 aliphatic rings. The number of amidine groups is 1. The number of aliphatic hydroxyl groups is 2. The van der Waals surface area contributed by atoms with Crippen LogP contribution in [0.15, 0.2) is 24.5 Å². The van der Waals surface area contributed by atoms with Gasteiger partial charge in [-0.2, -0.15) is 4.98 Å². The van der Waals surface area contributed by atoms with Crippen molar-refractivity contribution in [2.75, 3.05) is 35.2 Å². The van der Waals surface area contributed by atoms with Crippen LogP contribution in [0.1, 0.15) is 32.8 Å². The third-order valence-electron chi connectivity index (χ3n) is 5.85. The van der Waals surface area contributed by atoms with Gasteiger partial charge in [-0.1, -0.05) is 0 Å². The zero-order valence-corrected chi connectivity index (χ0v) is 18.0. The van der Waals surface area contributed by atoms with Gasteiger partial charge in [0.2, 0.25) is 5.95 Å². The van der Waals surface area contributed by atoms with Crippen molar-refractivity contribution >= 4 is 29.1 Å². The van der Waals surface area contributed by atoms with Crippen LogP contribution in [0.5, 0.6) is 0 Å². The molecule has 1 saturated heterocycles. The number of anilines is 4. The topological polar surface area (TPSA) is 109 Å². The van der Waals surface area contributed by atoms with Gasteiger partial charge in [0.25, 0.3) is 5.84 Å². The first-order valence-electron chi connectivity index (χ1n) is 10.5. The summed E-state index contributed by atoms with van der Waals surface area (Å²) in [6.07, 6.45) is 2.30. The van der Waals surface area contributed by atoms with Crippen LogP contribution in [0, 0.1) is 0 Å². The Morgan fingerprint density at radius 3 is 2.90 bits per heavy atom. The van der Waals surface area contributed by atoms with Crippen molar-refractivity contribution in [2.24, 2.45) is 0 Å². The van der Waals surface area contributed by atoms with Crippen LogP contribution in [-0.4, -0.2) is 73.1 Å². The highest BCUT2D eigenvalue weighted by Gasteiger charge is 2.38. The number of pyridine rings is 1. The van der Waals surface area contributed by atoms with Crippen molar-refractivity contribution < 1.29 is 19.2 Å². The number of fused-ring (bicyclic) bond motifs is 1. The fraction of sp³-hybridized carbons (Fsp3) is 0.524. The van der Waals surface area contributed by atoms with E-state index in [4.69, 9.17) is 0 Å². The molecule has 0 unspecified atom stereocenters. The molecule has 4 rings (SSSR count). The number of nitrogens with one attached hydrogen (secondary N) is 2. The molecule has 4 N–H and O–H groups in total. The largest absolute Gasteiger partial charge is 0.387 e. The summed E-state index contributed by atoms with van der Waals surface area (Å²) < 4.78 is 16.4. The predicted molar refractivity (Wildman–Crippen MR) is 117 cm³/mol. The maximum absolute atomic E-state index is 14.2. The highest BCUT2D eigenvalue weighted by molar-refractivity contribution is 5.94. The number of hydrogen-bond donors (Lipinski definition) is 4. The second-order valence-corrected chi connectivity index (χ2v) is 8.57. The number of aromatic nitrogens is 3. The van der Waals surface area contributed by atoms with Gasteiger partial charge in [-0.3, -0.25) is 4.58 Å². The number of rotatable bonds is 5. The molecule has 9 nitrogen and oxygen atoms in total. The normalized spacial score (nSPS) is 23.6. The average molecular weight is 431 g/mol. The summed E-state index contributed by atoms with van der Waals surface area (Å²) in [5.74, 6) is 2.36. The summed E-state index contributed by atoms with van der Waals surface area (Å²) in [6.45, 7) is 6.80. The van der Waals surface area contributed by atoms with Gasteiger partial charge in [0, 0.05) is 18.3 Å². The minimum absolute atomic E-state index is 0.0495. The van der Waals surface area contributed by atoms with Crippen LogP contribution in [0.3, 0.4) is 0 Å². The van der Waals surface area contributed by atoms with E-state index in [-0.39, 0.29) is 19.2 Å². The van der Waals surface area contributed by atoms with Crippen molar-refractivity contribution in [3.8, 4) is 0 Å². The van der Waals surface area contributed by atoms with E-state index in [1.807, 2.05) is 6.07 Å². The lowest BCUT2D eigenvalue weighted by Crippen LogP contribution is -2.52. The molecule has 0 spiro atoms. The van der Waals surface area contributed by atoms with Crippen LogP contribution in [0.2, 0.25) is 0 Å². The van der Waals surface area contributed by atoms with Gasteiger partial charge in [-0.05, 0) is 39.3 Å². The minimum atomic E-state index is -1.36. The van der Waals surface area contributed by atoms with Crippen molar-refractivity contribution in [3.05, 3.63) is 30.1 Å². The van der Waals surface area contributed by atoms with E-state index in [1.54, 1.807) is 23.4 Å². The lowest BCUT2D eigenvalue weighted by molar-refractivity contribution is -0.576. The first-order chi connectivity index (χ1) is 14.8. The van der Waals surface area contributed by atoms with Crippen LogP contribution in [0.25, 0.3) is 0 Å². The molecule has 2 aromatic rings. The SMILES string of the molecule is CC(C)[N+]1=C(CO)Nc2cnc(Nc3ccnc(N4CC[C@](C)(O)[C@H](F)C4)n3)cc2C1. The van der Waals surface area contributed by atoms with E-state index in [1.165, 1.54) is 6.92 Å². The molecule has 1 fully saturated rings. The number of alkyl halides is 1. The Balaban J connectivity index is 1.51. The highest BCUT2D eigenvalue weighted by atomic mass is 19.1. The fourth-order valence-electron chi connectivity index (χ4n) is 3.82. The number of piperidine rings is 1. The molecule has 0 bridgehead atoms. The molecule has 0 aliphatic carbocycles. The van der Waals surface area contributed by atoms with Crippen LogP contribution < -0.4 is 15.5 Å². The second-order valence-electron chi connectivity index (χ2n) is 8.57. The van der Waals surface area contributed by atoms with Gasteiger partial charge in [0.1, 0.15) is 31.0 Å². The molecule has 0 amide bonds. The lowest BCUT2D eigenvalue weighted by Gasteiger charge is -2.38. The molecule has 2 atom stereocenters. The maximum Gasteiger partial charge on any atom is 0.276 e. The van der Waals surface area contributed by atoms with Crippen molar-refractivity contribution in [1.29, 1.82) is 0 Å². The third-order valence-corrected chi connectivity index (χ3v) is 5.85. The quantitative estimate of drug-likeness (QED) is 0.530. The Morgan fingerprint density at radius 1 is 1.39 bits per heavy atom. The predicted octanol–water partition coefficient (Wildman–Crippen LogP) is 1.65. The fourth-order valence-corrected chi connectivity index (χ4v) is 3.82. The molecular formula is C21H29FN7O2+. The maximum atomic E-state index is 14.2. The first kappa shape index (κ1) is 21.4. The summed E-state index contributed by atoms with van der Waals surface area (Å²) in [5.41, 5.74) is 0.602. The van der Waals surface area contributed by atoms with E-state index in [0.717, 1.165) is 17.1 Å². The monoisotopic (exact) mass is 430 g/mol. The van der Waals surface area contributed by atoms with Gasteiger partial charge in [-0.25, -0.2) is 19.7 Å². The molecule has 0 radical (unpaired) electrons. The summed E-state index contributed by atoms with van der Waals surface area (Å²) >= 11 is 0. The summed E-state index contributed by atoms with van der Waals surface area (Å²) in [5, 5.41) is 26.1. The molecule has 10 heteroatoms. The minimum Gasteiger partial charge on any atom is -0.387 e. The Kier molecular flexibility index (Phi) is 5.76. The number of halogens is 1. The third kappa shape index (κ3) is 4.45. The van der Waals surface area contributed by atoms with E-state index in [2.05, 4.69) is 44.0 Å². The van der Waals surface area contributed by atoms with Gasteiger partial charge in [-0.15, -0.1) is 0 Å². The zero-order valence-electron chi connectivity index (χ0n) is 18.0. The second kappa shape index (κ2) is 8.35. The number of nitrogens with zero attached hydrogens (tertiary/aromatic N) is 5. The molecule has 31 heavy (non-hydrogen) atoms. The Hall–Kier alpha value is -2.85. The molecular weight excluding hydrogens is 401 g/mol. The number of aliphatic hydroxyl groups excluding tert-OH is 1. The van der Waals surface area contributed by atoms with E-state index in [9.17, 15) is 14.6 Å². The molecule has 2 aromatic heterocycles. The molecule has 4 heterocycles. The Bertz CT molecular complexity index is 995. The average Bonchev–Trinajstić information content (AvgIpc) is 2.74. The van der Waals surface area contributed by atoms with E-state index < -0.39 is 11.8 Å². The highest BCUT2D eigenvalue weighted by Crippen LogP contribution is 2.28. The molecule has 166 valence electrons. The smallest absolute Gasteiger partial charge is 0.276 e.